The Bertz CT molecular complexity index is 599. The van der Waals surface area contributed by atoms with Crippen LogP contribution in [0.2, 0.25) is 0 Å². The number of hydrogen-bond donors (Lipinski definition) is 2. The Balaban J connectivity index is 2.34. The highest BCUT2D eigenvalue weighted by atomic mass is 16.4. The summed E-state index contributed by atoms with van der Waals surface area (Å²) in [6.07, 6.45) is 1.73. The Morgan fingerprint density at radius 3 is 2.75 bits per heavy atom. The van der Waals surface area contributed by atoms with Crippen LogP contribution in [0, 0.1) is 0 Å². The van der Waals surface area contributed by atoms with E-state index in [-0.39, 0.29) is 5.56 Å². The zero-order chi connectivity index (χ0) is 14.5. The van der Waals surface area contributed by atoms with Crippen LogP contribution in [0.1, 0.15) is 23.0 Å². The molecule has 20 heavy (non-hydrogen) atoms. The number of nitrogens with zero attached hydrogens (tertiary/aromatic N) is 2. The highest BCUT2D eigenvalue weighted by Crippen LogP contribution is 2.24. The number of nitrogen functional groups attached to an aromatic ring is 1. The van der Waals surface area contributed by atoms with Crippen LogP contribution in [-0.2, 0) is 6.54 Å². The second kappa shape index (κ2) is 6.06. The van der Waals surface area contributed by atoms with Crippen LogP contribution in [0.3, 0.4) is 0 Å². The number of aromatic carboxylic acids is 1. The maximum absolute atomic E-state index is 11.3. The molecule has 1 heterocycles. The molecule has 2 rings (SSSR count). The molecular formula is C15H17N3O2. The molecule has 1 aromatic carbocycles. The summed E-state index contributed by atoms with van der Waals surface area (Å²) in [5.74, 6) is -0.980. The maximum atomic E-state index is 11.3. The average molecular weight is 271 g/mol. The van der Waals surface area contributed by atoms with Crippen LogP contribution in [0.5, 0.6) is 0 Å². The first-order chi connectivity index (χ1) is 9.61. The molecule has 0 aliphatic carbocycles. The molecule has 5 nitrogen and oxygen atoms in total. The van der Waals surface area contributed by atoms with Gasteiger partial charge in [0.2, 0.25) is 0 Å². The van der Waals surface area contributed by atoms with Crippen LogP contribution in [0.15, 0.2) is 42.6 Å². The van der Waals surface area contributed by atoms with Gasteiger partial charge in [0.1, 0.15) is 0 Å². The van der Waals surface area contributed by atoms with Gasteiger partial charge in [-0.05, 0) is 37.3 Å². The topological polar surface area (TPSA) is 79.5 Å². The van der Waals surface area contributed by atoms with Gasteiger partial charge in [0, 0.05) is 18.4 Å². The maximum Gasteiger partial charge on any atom is 0.337 e. The van der Waals surface area contributed by atoms with Crippen molar-refractivity contribution in [2.75, 3.05) is 17.2 Å². The van der Waals surface area contributed by atoms with Gasteiger partial charge >= 0.3 is 5.97 Å². The largest absolute Gasteiger partial charge is 0.478 e. The van der Waals surface area contributed by atoms with E-state index in [1.807, 2.05) is 30.0 Å². The lowest BCUT2D eigenvalue weighted by Crippen LogP contribution is -2.24. The molecule has 0 aliphatic heterocycles. The molecule has 0 radical (unpaired) electrons. The van der Waals surface area contributed by atoms with Gasteiger partial charge in [-0.1, -0.05) is 6.07 Å². The van der Waals surface area contributed by atoms with Gasteiger partial charge in [-0.15, -0.1) is 0 Å². The van der Waals surface area contributed by atoms with Crippen molar-refractivity contribution in [3.8, 4) is 0 Å². The van der Waals surface area contributed by atoms with E-state index in [0.717, 1.165) is 5.69 Å². The molecule has 0 unspecified atom stereocenters. The van der Waals surface area contributed by atoms with Crippen molar-refractivity contribution in [2.45, 2.75) is 13.5 Å². The van der Waals surface area contributed by atoms with Crippen LogP contribution in [0.25, 0.3) is 0 Å². The summed E-state index contributed by atoms with van der Waals surface area (Å²) >= 11 is 0. The van der Waals surface area contributed by atoms with Gasteiger partial charge in [-0.3, -0.25) is 4.98 Å². The fraction of sp³-hybridized carbons (Fsp3) is 0.200. The molecule has 1 aromatic heterocycles. The normalized spacial score (nSPS) is 10.2. The van der Waals surface area contributed by atoms with E-state index < -0.39 is 5.97 Å². The molecule has 3 N–H and O–H groups in total. The van der Waals surface area contributed by atoms with Crippen molar-refractivity contribution >= 4 is 17.3 Å². The molecule has 104 valence electrons. The van der Waals surface area contributed by atoms with Crippen molar-refractivity contribution in [3.63, 3.8) is 0 Å². The SMILES string of the molecule is CCN(Cc1ccccn1)c1ccc(N)cc1C(=O)O. The van der Waals surface area contributed by atoms with Gasteiger partial charge in [-0.2, -0.15) is 0 Å². The molecule has 0 spiro atoms. The van der Waals surface area contributed by atoms with E-state index in [9.17, 15) is 9.90 Å². The summed E-state index contributed by atoms with van der Waals surface area (Å²) in [7, 11) is 0. The van der Waals surface area contributed by atoms with Crippen molar-refractivity contribution in [3.05, 3.63) is 53.9 Å². The lowest BCUT2D eigenvalue weighted by atomic mass is 10.1. The van der Waals surface area contributed by atoms with Crippen LogP contribution < -0.4 is 10.6 Å². The second-order valence-corrected chi connectivity index (χ2v) is 4.42. The molecule has 2 aromatic rings. The Morgan fingerprint density at radius 1 is 1.35 bits per heavy atom. The molecule has 0 amide bonds. The number of carboxylic acids is 1. The van der Waals surface area contributed by atoms with E-state index in [1.165, 1.54) is 6.07 Å². The Labute approximate surface area is 117 Å². The fourth-order valence-electron chi connectivity index (χ4n) is 2.06. The number of pyridine rings is 1. The number of aromatic nitrogens is 1. The van der Waals surface area contributed by atoms with Gasteiger partial charge in [-0.25, -0.2) is 4.79 Å². The monoisotopic (exact) mass is 271 g/mol. The van der Waals surface area contributed by atoms with E-state index in [2.05, 4.69) is 4.98 Å². The number of benzene rings is 1. The van der Waals surface area contributed by atoms with Crippen LogP contribution in [-0.4, -0.2) is 22.6 Å². The van der Waals surface area contributed by atoms with Gasteiger partial charge in [0.05, 0.1) is 23.5 Å². The van der Waals surface area contributed by atoms with Gasteiger partial charge in [0.15, 0.2) is 0 Å². The molecule has 5 heteroatoms. The smallest absolute Gasteiger partial charge is 0.337 e. The summed E-state index contributed by atoms with van der Waals surface area (Å²) in [6.45, 7) is 3.22. The second-order valence-electron chi connectivity index (χ2n) is 4.42. The van der Waals surface area contributed by atoms with Crippen LogP contribution >= 0.6 is 0 Å². The Morgan fingerprint density at radius 2 is 2.15 bits per heavy atom. The van der Waals surface area contributed by atoms with Crippen molar-refractivity contribution < 1.29 is 9.90 Å². The highest BCUT2D eigenvalue weighted by Gasteiger charge is 2.16. The van der Waals surface area contributed by atoms with E-state index in [0.29, 0.717) is 24.5 Å². The minimum atomic E-state index is -0.980. The molecule has 0 bridgehead atoms. The summed E-state index contributed by atoms with van der Waals surface area (Å²) in [5.41, 5.74) is 7.86. The third-order valence-corrected chi connectivity index (χ3v) is 3.05. The third kappa shape index (κ3) is 3.06. The van der Waals surface area contributed by atoms with Gasteiger partial charge in [0.25, 0.3) is 0 Å². The molecule has 0 saturated carbocycles. The first kappa shape index (κ1) is 13.9. The predicted molar refractivity (Wildman–Crippen MR) is 78.8 cm³/mol. The van der Waals surface area contributed by atoms with E-state index in [4.69, 9.17) is 5.73 Å². The number of hydrogen-bond acceptors (Lipinski definition) is 4. The average Bonchev–Trinajstić information content (AvgIpc) is 2.46. The first-order valence-electron chi connectivity index (χ1n) is 6.39. The number of anilines is 2. The quantitative estimate of drug-likeness (QED) is 0.816. The minimum absolute atomic E-state index is 0.211. The molecule has 0 atom stereocenters. The van der Waals surface area contributed by atoms with Crippen molar-refractivity contribution in [1.29, 1.82) is 0 Å². The third-order valence-electron chi connectivity index (χ3n) is 3.05. The number of nitrogens with two attached hydrogens (primary N) is 1. The highest BCUT2D eigenvalue weighted by molar-refractivity contribution is 5.95. The standard InChI is InChI=1S/C15H17N3O2/c1-2-18(10-12-5-3-4-8-17-12)14-7-6-11(16)9-13(14)15(19)20/h3-9H,2,10,16H2,1H3,(H,19,20). The van der Waals surface area contributed by atoms with Gasteiger partial charge < -0.3 is 15.7 Å². The lowest BCUT2D eigenvalue weighted by molar-refractivity contribution is 0.0697. The molecule has 0 fully saturated rings. The van der Waals surface area contributed by atoms with Crippen LogP contribution in [0.4, 0.5) is 11.4 Å². The number of carbonyl (C=O) groups is 1. The number of carboxylic acid groups (broad SMARTS) is 1. The predicted octanol–water partition coefficient (Wildman–Crippen LogP) is 2.39. The van der Waals surface area contributed by atoms with E-state index >= 15 is 0 Å². The van der Waals surface area contributed by atoms with Crippen molar-refractivity contribution in [1.82, 2.24) is 4.98 Å². The Kier molecular flexibility index (Phi) is 4.20. The Hall–Kier alpha value is -2.56. The summed E-state index contributed by atoms with van der Waals surface area (Å²) < 4.78 is 0. The summed E-state index contributed by atoms with van der Waals surface area (Å²) in [4.78, 5) is 17.6. The minimum Gasteiger partial charge on any atom is -0.478 e. The summed E-state index contributed by atoms with van der Waals surface area (Å²) in [6, 6.07) is 10.6. The fourth-order valence-corrected chi connectivity index (χ4v) is 2.06. The number of rotatable bonds is 5. The lowest BCUT2D eigenvalue weighted by Gasteiger charge is -2.24. The molecule has 0 aliphatic rings. The molecule has 0 saturated heterocycles. The first-order valence-corrected chi connectivity index (χ1v) is 6.39. The summed E-state index contributed by atoms with van der Waals surface area (Å²) in [5, 5.41) is 9.30. The molecular weight excluding hydrogens is 254 g/mol. The van der Waals surface area contributed by atoms with Crippen molar-refractivity contribution in [2.24, 2.45) is 0 Å². The van der Waals surface area contributed by atoms with E-state index in [1.54, 1.807) is 18.3 Å². The zero-order valence-corrected chi connectivity index (χ0v) is 11.3. The zero-order valence-electron chi connectivity index (χ0n) is 11.3.